The molecule has 0 aromatic carbocycles. The summed E-state index contributed by atoms with van der Waals surface area (Å²) in [5.74, 6) is -0.0106. The second kappa shape index (κ2) is 2.49. The van der Waals surface area contributed by atoms with Gasteiger partial charge >= 0.3 is 0 Å². The van der Waals surface area contributed by atoms with Crippen molar-refractivity contribution in [2.24, 2.45) is 5.92 Å². The van der Waals surface area contributed by atoms with E-state index >= 15 is 0 Å². The minimum atomic E-state index is -0.0856. The molecule has 52 valence electrons. The van der Waals surface area contributed by atoms with Crippen LogP contribution in [0, 0.1) is 5.92 Å². The molecule has 1 aliphatic rings. The lowest BCUT2D eigenvalue weighted by atomic mass is 9.93. The third-order valence-electron chi connectivity index (χ3n) is 1.76. The first-order valence-electron chi connectivity index (χ1n) is 3.29. The van der Waals surface area contributed by atoms with Gasteiger partial charge in [0.1, 0.15) is 6.10 Å². The van der Waals surface area contributed by atoms with Gasteiger partial charge in [-0.25, -0.2) is 0 Å². The summed E-state index contributed by atoms with van der Waals surface area (Å²) in [6.45, 7) is 3.67. The lowest BCUT2D eigenvalue weighted by Gasteiger charge is -2.24. The van der Waals surface area contributed by atoms with E-state index in [1.54, 1.807) is 0 Å². The molecule has 2 unspecified atom stereocenters. The highest BCUT2D eigenvalue weighted by Gasteiger charge is 2.23. The van der Waals surface area contributed by atoms with Crippen molar-refractivity contribution in [3.63, 3.8) is 0 Å². The third-order valence-corrected chi connectivity index (χ3v) is 1.76. The van der Waals surface area contributed by atoms with Gasteiger partial charge in [-0.3, -0.25) is 4.79 Å². The first kappa shape index (κ1) is 7.38. The van der Waals surface area contributed by atoms with Crippen LogP contribution in [-0.4, -0.2) is 19.7 Å². The normalized spacial score (nSPS) is 33.0. The van der Waals surface area contributed by atoms with Crippen LogP contribution in [0.15, 0.2) is 11.7 Å². The van der Waals surface area contributed by atoms with Crippen molar-refractivity contribution in [3.8, 4) is 0 Å². The molecule has 2 radical (unpaired) electrons. The van der Waals surface area contributed by atoms with Gasteiger partial charge < -0.3 is 4.74 Å². The molecule has 0 bridgehead atoms. The molecule has 1 heterocycles. The second-order valence-corrected chi connectivity index (χ2v) is 2.56. The zero-order valence-electron chi connectivity index (χ0n) is 6.13. The van der Waals surface area contributed by atoms with E-state index in [4.69, 9.17) is 12.6 Å². The summed E-state index contributed by atoms with van der Waals surface area (Å²) in [4.78, 5) is 11.0. The monoisotopic (exact) mass is 136 g/mol. The molecule has 1 aliphatic heterocycles. The molecule has 3 heteroatoms. The molecule has 0 aromatic heterocycles. The molecule has 2 atom stereocenters. The number of ether oxygens (including phenoxy) is 1. The van der Waals surface area contributed by atoms with Crippen LogP contribution in [0.1, 0.15) is 13.8 Å². The molecule has 10 heavy (non-hydrogen) atoms. The second-order valence-electron chi connectivity index (χ2n) is 2.56. The average Bonchev–Trinajstić information content (AvgIpc) is 1.82. The van der Waals surface area contributed by atoms with Crippen LogP contribution in [0.4, 0.5) is 0 Å². The highest BCUT2D eigenvalue weighted by molar-refractivity contribution is 6.22. The Bertz CT molecular complexity index is 186. The van der Waals surface area contributed by atoms with Crippen molar-refractivity contribution in [2.75, 3.05) is 0 Å². The van der Waals surface area contributed by atoms with Gasteiger partial charge in [0.25, 0.3) is 0 Å². The van der Waals surface area contributed by atoms with Gasteiger partial charge in [0, 0.05) is 11.7 Å². The summed E-state index contributed by atoms with van der Waals surface area (Å²) < 4.78 is 5.09. The number of carbonyl (C=O) groups excluding carboxylic acids is 1. The lowest BCUT2D eigenvalue weighted by Crippen LogP contribution is -2.29. The van der Waals surface area contributed by atoms with E-state index in [1.807, 2.05) is 13.8 Å². The maximum absolute atomic E-state index is 11.0. The van der Waals surface area contributed by atoms with Crippen molar-refractivity contribution in [1.82, 2.24) is 0 Å². The first-order valence-corrected chi connectivity index (χ1v) is 3.29. The van der Waals surface area contributed by atoms with E-state index in [1.165, 1.54) is 6.08 Å². The molecular formula is C7H9BO2. The van der Waals surface area contributed by atoms with Crippen molar-refractivity contribution >= 4 is 13.6 Å². The average molecular weight is 136 g/mol. The van der Waals surface area contributed by atoms with Gasteiger partial charge in [0.05, 0.1) is 5.92 Å². The molecule has 1 rings (SSSR count). The van der Waals surface area contributed by atoms with Gasteiger partial charge in [0.2, 0.25) is 0 Å². The quantitative estimate of drug-likeness (QED) is 0.456. The minimum Gasteiger partial charge on any atom is -0.506 e. The zero-order valence-corrected chi connectivity index (χ0v) is 6.13. The Morgan fingerprint density at radius 2 is 2.20 bits per heavy atom. The van der Waals surface area contributed by atoms with Crippen molar-refractivity contribution < 1.29 is 9.53 Å². The van der Waals surface area contributed by atoms with E-state index in [0.717, 1.165) is 0 Å². The van der Waals surface area contributed by atoms with Crippen molar-refractivity contribution in [2.45, 2.75) is 20.0 Å². The molecule has 0 aromatic rings. The summed E-state index contributed by atoms with van der Waals surface area (Å²) in [7, 11) is 5.30. The van der Waals surface area contributed by atoms with Crippen LogP contribution in [0.2, 0.25) is 0 Å². The van der Waals surface area contributed by atoms with Crippen molar-refractivity contribution in [1.29, 1.82) is 0 Å². The predicted octanol–water partition coefficient (Wildman–Crippen LogP) is 0.620. The molecule has 0 amide bonds. The number of hydrogen-bond acceptors (Lipinski definition) is 2. The predicted molar refractivity (Wildman–Crippen MR) is 38.6 cm³/mol. The molecule has 0 N–H and O–H groups in total. The molecule has 2 nitrogen and oxygen atoms in total. The van der Waals surface area contributed by atoms with Crippen LogP contribution in [-0.2, 0) is 9.53 Å². The smallest absolute Gasteiger partial charge is 0.167 e. The van der Waals surface area contributed by atoms with Crippen LogP contribution in [0.25, 0.3) is 0 Å². The summed E-state index contributed by atoms with van der Waals surface area (Å²) >= 11 is 0. The fraction of sp³-hybridized carbons (Fsp3) is 0.571. The molecular weight excluding hydrogens is 127 g/mol. The Morgan fingerprint density at radius 1 is 1.60 bits per heavy atom. The Kier molecular flexibility index (Phi) is 1.83. The molecule has 0 fully saturated rings. The van der Waals surface area contributed by atoms with E-state index in [0.29, 0.717) is 0 Å². The van der Waals surface area contributed by atoms with Gasteiger partial charge in [-0.1, -0.05) is 6.92 Å². The summed E-state index contributed by atoms with van der Waals surface area (Å²) in [5.41, 5.74) is 0.232. The van der Waals surface area contributed by atoms with Gasteiger partial charge in [0.15, 0.2) is 13.6 Å². The number of allylic oxidation sites excluding steroid dienone is 1. The first-order chi connectivity index (χ1) is 4.61. The van der Waals surface area contributed by atoms with Crippen LogP contribution in [0.5, 0.6) is 0 Å². The van der Waals surface area contributed by atoms with Gasteiger partial charge in [-0.05, 0) is 6.92 Å². The zero-order chi connectivity index (χ0) is 7.72. The molecule has 0 spiro atoms. The minimum absolute atomic E-state index is 0.0521. The standard InChI is InChI=1S/C7H9BO2/c1-4-5(2)10-7(8)3-6(4)9/h3-5H,1-2H3. The SMILES string of the molecule is [B]C1=CC(=O)C(C)C(C)O1. The Morgan fingerprint density at radius 3 is 2.70 bits per heavy atom. The number of hydrogen-bond donors (Lipinski definition) is 0. The number of rotatable bonds is 0. The number of carbonyl (C=O) groups is 1. The van der Waals surface area contributed by atoms with Gasteiger partial charge in [-0.15, -0.1) is 0 Å². The van der Waals surface area contributed by atoms with E-state index in [-0.39, 0.29) is 23.5 Å². The maximum Gasteiger partial charge on any atom is 0.167 e. The fourth-order valence-electron chi connectivity index (χ4n) is 0.854. The van der Waals surface area contributed by atoms with E-state index in [2.05, 4.69) is 0 Å². The van der Waals surface area contributed by atoms with Crippen LogP contribution >= 0.6 is 0 Å². The topological polar surface area (TPSA) is 26.3 Å². The van der Waals surface area contributed by atoms with Gasteiger partial charge in [-0.2, -0.15) is 0 Å². The highest BCUT2D eigenvalue weighted by Crippen LogP contribution is 2.17. The van der Waals surface area contributed by atoms with E-state index in [9.17, 15) is 4.79 Å². The third kappa shape index (κ3) is 1.23. The summed E-state index contributed by atoms with van der Waals surface area (Å²) in [6.07, 6.45) is 1.25. The Balaban J connectivity index is 2.79. The molecule has 0 saturated heterocycles. The highest BCUT2D eigenvalue weighted by atomic mass is 16.5. The Labute approximate surface area is 61.7 Å². The lowest BCUT2D eigenvalue weighted by molar-refractivity contribution is -0.122. The van der Waals surface area contributed by atoms with Crippen LogP contribution in [0.3, 0.4) is 0 Å². The van der Waals surface area contributed by atoms with Crippen LogP contribution < -0.4 is 0 Å². The maximum atomic E-state index is 11.0. The number of ketones is 1. The summed E-state index contributed by atoms with van der Waals surface area (Å²) in [5, 5.41) is 0. The van der Waals surface area contributed by atoms with E-state index < -0.39 is 0 Å². The molecule has 0 aliphatic carbocycles. The molecule has 0 saturated carbocycles. The fourth-order valence-corrected chi connectivity index (χ4v) is 0.854. The largest absolute Gasteiger partial charge is 0.506 e. The van der Waals surface area contributed by atoms with Crippen molar-refractivity contribution in [3.05, 3.63) is 11.7 Å². The Hall–Kier alpha value is -0.725. The summed E-state index contributed by atoms with van der Waals surface area (Å²) in [6, 6.07) is 0.